The largest absolute Gasteiger partial charge is 0.372 e. The van der Waals surface area contributed by atoms with Gasteiger partial charge in [0.1, 0.15) is 0 Å². The fourth-order valence-electron chi connectivity index (χ4n) is 1.69. The average molecular weight is 182 g/mol. The molecular weight excluding hydrogens is 160 g/mol. The van der Waals surface area contributed by atoms with Crippen LogP contribution >= 0.6 is 0 Å². The molecule has 0 atom stereocenters. The molecule has 0 saturated heterocycles. The predicted octanol–water partition coefficient (Wildman–Crippen LogP) is 2.74. The van der Waals surface area contributed by atoms with Crippen LogP contribution in [0.25, 0.3) is 0 Å². The molecule has 0 saturated carbocycles. The van der Waals surface area contributed by atoms with Gasteiger partial charge in [0.25, 0.3) is 0 Å². The molecule has 1 rings (SSSR count). The van der Waals surface area contributed by atoms with E-state index in [-0.39, 0.29) is 0 Å². The molecule has 1 aliphatic heterocycles. The van der Waals surface area contributed by atoms with E-state index in [1.807, 2.05) is 0 Å². The highest BCUT2D eigenvalue weighted by Gasteiger charge is 2.03. The predicted molar refractivity (Wildman–Crippen MR) is 58.3 cm³/mol. The van der Waals surface area contributed by atoms with Crippen molar-refractivity contribution >= 4 is 5.84 Å². The van der Waals surface area contributed by atoms with Crippen molar-refractivity contribution in [3.8, 4) is 0 Å². The smallest absolute Gasteiger partial charge is 0.0964 e. The van der Waals surface area contributed by atoms with Crippen LogP contribution in [-0.2, 0) is 0 Å². The van der Waals surface area contributed by atoms with E-state index >= 15 is 0 Å². The molecule has 0 bridgehead atoms. The maximum Gasteiger partial charge on any atom is 0.0964 e. The van der Waals surface area contributed by atoms with Gasteiger partial charge in [0.15, 0.2) is 0 Å². The van der Waals surface area contributed by atoms with Crippen molar-refractivity contribution in [2.75, 3.05) is 13.1 Å². The summed E-state index contributed by atoms with van der Waals surface area (Å²) in [4.78, 5) is 4.38. The van der Waals surface area contributed by atoms with Gasteiger partial charge in [-0.2, -0.15) is 0 Å². The van der Waals surface area contributed by atoms with Crippen molar-refractivity contribution in [2.24, 2.45) is 4.99 Å². The van der Waals surface area contributed by atoms with Crippen LogP contribution < -0.4 is 5.32 Å². The maximum absolute atomic E-state index is 4.38. The first-order chi connectivity index (χ1) is 6.43. The second-order valence-electron chi connectivity index (χ2n) is 3.77. The fourth-order valence-corrected chi connectivity index (χ4v) is 1.69. The summed E-state index contributed by atoms with van der Waals surface area (Å²) >= 11 is 0. The minimum absolute atomic E-state index is 0.991. The molecule has 2 nitrogen and oxygen atoms in total. The van der Waals surface area contributed by atoms with Gasteiger partial charge in [-0.25, -0.2) is 0 Å². The summed E-state index contributed by atoms with van der Waals surface area (Å²) in [7, 11) is 0. The van der Waals surface area contributed by atoms with Crippen LogP contribution in [0.1, 0.15) is 51.9 Å². The summed E-state index contributed by atoms with van der Waals surface area (Å²) in [5.41, 5.74) is 0. The Morgan fingerprint density at radius 2 is 1.92 bits per heavy atom. The number of nitrogens with zero attached hydrogens (tertiary/aromatic N) is 1. The molecule has 0 unspecified atom stereocenters. The van der Waals surface area contributed by atoms with Gasteiger partial charge in [0, 0.05) is 13.0 Å². The van der Waals surface area contributed by atoms with Crippen LogP contribution in [-0.4, -0.2) is 18.9 Å². The molecule has 1 aliphatic rings. The van der Waals surface area contributed by atoms with Gasteiger partial charge >= 0.3 is 0 Å². The van der Waals surface area contributed by atoms with Gasteiger partial charge in [0.05, 0.1) is 12.4 Å². The molecule has 0 radical (unpaired) electrons. The first-order valence-electron chi connectivity index (χ1n) is 5.70. The summed E-state index contributed by atoms with van der Waals surface area (Å²) in [5.74, 6) is 1.25. The molecule has 0 aromatic heterocycles. The summed E-state index contributed by atoms with van der Waals surface area (Å²) in [6, 6.07) is 0. The molecule has 0 spiro atoms. The summed E-state index contributed by atoms with van der Waals surface area (Å²) in [6.45, 7) is 4.31. The minimum atomic E-state index is 0.991. The zero-order chi connectivity index (χ0) is 9.36. The second kappa shape index (κ2) is 6.93. The Bertz CT molecular complexity index is 152. The van der Waals surface area contributed by atoms with E-state index in [1.165, 1.54) is 50.8 Å². The number of aliphatic imine (C=N–C) groups is 1. The van der Waals surface area contributed by atoms with Crippen molar-refractivity contribution < 1.29 is 0 Å². The van der Waals surface area contributed by atoms with Crippen molar-refractivity contribution in [3.63, 3.8) is 0 Å². The van der Waals surface area contributed by atoms with Crippen LogP contribution in [0.2, 0.25) is 0 Å². The van der Waals surface area contributed by atoms with Gasteiger partial charge in [-0.05, 0) is 6.42 Å². The van der Waals surface area contributed by atoms with Crippen molar-refractivity contribution in [1.29, 1.82) is 0 Å². The molecule has 0 fully saturated rings. The standard InChI is InChI=1S/C11H22N2/c1-2-3-4-5-6-7-8-11-12-9-10-13-11/h2-10H2,1H3,(H,12,13). The van der Waals surface area contributed by atoms with E-state index < -0.39 is 0 Å². The molecule has 1 heterocycles. The molecule has 13 heavy (non-hydrogen) atoms. The Hall–Kier alpha value is -0.530. The van der Waals surface area contributed by atoms with E-state index in [1.54, 1.807) is 0 Å². The Labute approximate surface area is 81.8 Å². The number of amidine groups is 1. The van der Waals surface area contributed by atoms with Gasteiger partial charge in [-0.3, -0.25) is 4.99 Å². The van der Waals surface area contributed by atoms with Crippen LogP contribution in [0.3, 0.4) is 0 Å². The third-order valence-corrected chi connectivity index (χ3v) is 2.51. The summed E-state index contributed by atoms with van der Waals surface area (Å²) in [5, 5.41) is 3.31. The van der Waals surface area contributed by atoms with E-state index in [0.717, 1.165) is 13.1 Å². The minimum Gasteiger partial charge on any atom is -0.372 e. The molecule has 0 amide bonds. The first kappa shape index (κ1) is 10.6. The molecule has 1 N–H and O–H groups in total. The number of nitrogens with one attached hydrogen (secondary N) is 1. The van der Waals surface area contributed by atoms with Gasteiger partial charge in [-0.15, -0.1) is 0 Å². The monoisotopic (exact) mass is 182 g/mol. The van der Waals surface area contributed by atoms with Crippen molar-refractivity contribution in [2.45, 2.75) is 51.9 Å². The number of hydrogen-bond acceptors (Lipinski definition) is 2. The summed E-state index contributed by atoms with van der Waals surface area (Å²) in [6.07, 6.45) is 9.42. The third kappa shape index (κ3) is 4.91. The lowest BCUT2D eigenvalue weighted by molar-refractivity contribution is 0.614. The molecule has 76 valence electrons. The first-order valence-corrected chi connectivity index (χ1v) is 5.70. The van der Waals surface area contributed by atoms with Gasteiger partial charge in [-0.1, -0.05) is 39.0 Å². The molecule has 0 aromatic rings. The topological polar surface area (TPSA) is 24.4 Å². The highest BCUT2D eigenvalue weighted by atomic mass is 15.1. The summed E-state index contributed by atoms with van der Waals surface area (Å²) < 4.78 is 0. The molecule has 2 heteroatoms. The quantitative estimate of drug-likeness (QED) is 0.601. The molecular formula is C11H22N2. The van der Waals surface area contributed by atoms with E-state index in [2.05, 4.69) is 17.2 Å². The van der Waals surface area contributed by atoms with E-state index in [4.69, 9.17) is 0 Å². The van der Waals surface area contributed by atoms with Crippen molar-refractivity contribution in [1.82, 2.24) is 5.32 Å². The lowest BCUT2D eigenvalue weighted by atomic mass is 10.1. The zero-order valence-electron chi connectivity index (χ0n) is 8.81. The lowest BCUT2D eigenvalue weighted by Gasteiger charge is -2.01. The van der Waals surface area contributed by atoms with Gasteiger partial charge in [0.2, 0.25) is 0 Å². The van der Waals surface area contributed by atoms with Crippen LogP contribution in [0.15, 0.2) is 4.99 Å². The van der Waals surface area contributed by atoms with E-state index in [9.17, 15) is 0 Å². The Morgan fingerprint density at radius 3 is 2.62 bits per heavy atom. The third-order valence-electron chi connectivity index (χ3n) is 2.51. The van der Waals surface area contributed by atoms with Crippen LogP contribution in [0.5, 0.6) is 0 Å². The number of hydrogen-bond donors (Lipinski definition) is 1. The SMILES string of the molecule is CCCCCCCCC1=NCCN1. The Kier molecular flexibility index (Phi) is 5.62. The lowest BCUT2D eigenvalue weighted by Crippen LogP contribution is -2.17. The Morgan fingerprint density at radius 1 is 1.15 bits per heavy atom. The van der Waals surface area contributed by atoms with E-state index in [0.29, 0.717) is 0 Å². The Balaban J connectivity index is 1.83. The molecule has 0 aliphatic carbocycles. The number of unbranched alkanes of at least 4 members (excludes halogenated alkanes) is 5. The second-order valence-corrected chi connectivity index (χ2v) is 3.77. The van der Waals surface area contributed by atoms with Crippen LogP contribution in [0.4, 0.5) is 0 Å². The van der Waals surface area contributed by atoms with Gasteiger partial charge < -0.3 is 5.32 Å². The average Bonchev–Trinajstić information content (AvgIpc) is 2.63. The fraction of sp³-hybridized carbons (Fsp3) is 0.909. The normalized spacial score (nSPS) is 15.6. The maximum atomic E-state index is 4.38. The zero-order valence-corrected chi connectivity index (χ0v) is 8.81. The highest BCUT2D eigenvalue weighted by molar-refractivity contribution is 5.83. The molecule has 0 aromatic carbocycles. The highest BCUT2D eigenvalue weighted by Crippen LogP contribution is 2.07. The van der Waals surface area contributed by atoms with Crippen molar-refractivity contribution in [3.05, 3.63) is 0 Å². The van der Waals surface area contributed by atoms with Crippen LogP contribution in [0, 0.1) is 0 Å². The number of rotatable bonds is 7.